The number of para-hydroxylation sites is 2. The molecule has 4 aromatic carbocycles. The zero-order chi connectivity index (χ0) is 46.9. The van der Waals surface area contributed by atoms with Crippen LogP contribution in [0.3, 0.4) is 0 Å². The van der Waals surface area contributed by atoms with Gasteiger partial charge in [-0.1, -0.05) is 87.5 Å². The van der Waals surface area contributed by atoms with Gasteiger partial charge in [0.25, 0.3) is 0 Å². The van der Waals surface area contributed by atoms with Gasteiger partial charge < -0.3 is 49.6 Å². The Balaban J connectivity index is 0.000000303. The topological polar surface area (TPSA) is 215 Å². The summed E-state index contributed by atoms with van der Waals surface area (Å²) in [7, 11) is -1.95. The van der Waals surface area contributed by atoms with Gasteiger partial charge in [-0.15, -0.1) is 0 Å². The Morgan fingerprint density at radius 1 is 0.692 bits per heavy atom. The summed E-state index contributed by atoms with van der Waals surface area (Å²) < 4.78 is 23.7. The van der Waals surface area contributed by atoms with Crippen molar-refractivity contribution in [3.63, 3.8) is 0 Å². The molecule has 0 saturated carbocycles. The average molecular weight is 947 g/mol. The number of nitrogens with one attached hydrogen (secondary N) is 2. The van der Waals surface area contributed by atoms with Gasteiger partial charge in [0.1, 0.15) is 22.6 Å². The second-order valence-electron chi connectivity index (χ2n) is 16.6. The first kappa shape index (κ1) is 54.4. The molecule has 0 radical (unpaired) electrons. The van der Waals surface area contributed by atoms with E-state index in [2.05, 4.69) is 48.2 Å². The third-order valence-electron chi connectivity index (χ3n) is 9.56. The average Bonchev–Trinajstić information content (AvgIpc) is 3.25. The molecule has 2 aliphatic rings. The van der Waals surface area contributed by atoms with Crippen LogP contribution in [0.5, 0.6) is 0 Å². The van der Waals surface area contributed by atoms with Gasteiger partial charge in [-0.2, -0.15) is 0 Å². The Kier molecular flexibility index (Phi) is 22.0. The number of anilines is 5. The number of hydrogen-bond acceptors (Lipinski definition) is 17. The summed E-state index contributed by atoms with van der Waals surface area (Å²) in [5, 5.41) is 28.6. The normalized spacial score (nSPS) is 13.8. The number of nitrogens with zero attached hydrogens (tertiary/aromatic N) is 5. The molecular weight excluding hydrogens is 888 g/mol. The van der Waals surface area contributed by atoms with Gasteiger partial charge >= 0.3 is 47.4 Å². The molecule has 0 spiro atoms. The van der Waals surface area contributed by atoms with E-state index in [4.69, 9.17) is 20.5 Å². The monoisotopic (exact) mass is 946 g/mol. The summed E-state index contributed by atoms with van der Waals surface area (Å²) in [5.41, 5.74) is 11.4. The molecule has 0 unspecified atom stereocenters. The zero-order valence-corrected chi connectivity index (χ0v) is 41.7. The summed E-state index contributed by atoms with van der Waals surface area (Å²) in [6, 6.07) is 31.3. The first-order valence-electron chi connectivity index (χ1n) is 20.6. The third kappa shape index (κ3) is 18.5. The number of carbonyl (C=O) groups excluding carboxylic acids is 2. The number of hydrogen-bond donors (Lipinski definition) is 4. The largest absolute Gasteiger partial charge is 1.00 e. The maximum atomic E-state index is 12.3. The quantitative estimate of drug-likeness (QED) is 0.0391. The van der Waals surface area contributed by atoms with Crippen LogP contribution in [0.2, 0.25) is 0 Å². The van der Waals surface area contributed by atoms with E-state index < -0.39 is 20.8 Å². The minimum Gasteiger partial charge on any atom is -0.444 e. The van der Waals surface area contributed by atoms with Crippen molar-refractivity contribution in [3.05, 3.63) is 118 Å². The number of carbonyl (C=O) groups is 2. The molecule has 2 amide bonds. The molecule has 348 valence electrons. The van der Waals surface area contributed by atoms with Crippen molar-refractivity contribution in [3.8, 4) is 0 Å². The van der Waals surface area contributed by atoms with Gasteiger partial charge in [0.05, 0.1) is 22.0 Å². The molecule has 2 aliphatic heterocycles. The number of rotatable bonds is 11. The first-order valence-corrected chi connectivity index (χ1v) is 22.6. The maximum absolute atomic E-state index is 12.3. The molecule has 0 bridgehead atoms. The van der Waals surface area contributed by atoms with E-state index in [0.717, 1.165) is 42.3 Å². The number of ether oxygens (including phenoxy) is 2. The van der Waals surface area contributed by atoms with Gasteiger partial charge in [-0.05, 0) is 76.9 Å². The van der Waals surface area contributed by atoms with Gasteiger partial charge in [-0.25, -0.2) is 26.0 Å². The Labute approximate surface area is 409 Å². The van der Waals surface area contributed by atoms with Crippen LogP contribution in [0.25, 0.3) is 0 Å². The van der Waals surface area contributed by atoms with E-state index in [1.165, 1.54) is 5.56 Å². The van der Waals surface area contributed by atoms with Crippen molar-refractivity contribution in [2.45, 2.75) is 65.8 Å². The molecule has 2 fully saturated rings. The Morgan fingerprint density at radius 3 is 1.48 bits per heavy atom. The van der Waals surface area contributed by atoms with Crippen molar-refractivity contribution in [1.82, 2.24) is 9.80 Å². The molecule has 2 heterocycles. The van der Waals surface area contributed by atoms with Crippen LogP contribution >= 0.6 is 0 Å². The molecule has 0 aliphatic carbocycles. The number of nitrogens with two attached hydrogens (primary N) is 1. The van der Waals surface area contributed by atoms with Crippen molar-refractivity contribution in [1.29, 1.82) is 0 Å². The predicted octanol–water partition coefficient (Wildman–Crippen LogP) is 4.95. The van der Waals surface area contributed by atoms with E-state index >= 15 is 0 Å². The fourth-order valence-electron chi connectivity index (χ4n) is 6.63. The zero-order valence-electron chi connectivity index (χ0n) is 38.1. The van der Waals surface area contributed by atoms with Gasteiger partial charge in [0, 0.05) is 65.4 Å². The molecule has 2 saturated heterocycles. The molecule has 21 heteroatoms. The number of benzene rings is 4. The second kappa shape index (κ2) is 26.3. The summed E-state index contributed by atoms with van der Waals surface area (Å²) in [6.45, 7) is 17.0. The summed E-state index contributed by atoms with van der Waals surface area (Å²) in [5.74, 6) is 0. The minimum atomic E-state index is -1.95. The van der Waals surface area contributed by atoms with Crippen LogP contribution in [0, 0.1) is 10.1 Å². The predicted molar refractivity (Wildman–Crippen MR) is 252 cm³/mol. The molecule has 4 aromatic rings. The van der Waals surface area contributed by atoms with Crippen LogP contribution in [0.15, 0.2) is 97.1 Å². The SMILES string of the molecule is CC(C)(C)OC(=O)N1CCN(c2cccc(NCc3ccccc3)c2N)CC1.CC(C)(C)OC(=O)N1CCN(c2cccc(NCc3ccccc3)c2[N+](=O)[O-])CC1.O=[S-](=S)OOO.[Na+]. The van der Waals surface area contributed by atoms with E-state index in [0.29, 0.717) is 57.2 Å². The van der Waals surface area contributed by atoms with Crippen molar-refractivity contribution >= 4 is 67.1 Å². The number of piperazine rings is 2. The Hall–Kier alpha value is -4.93. The first-order chi connectivity index (χ1) is 30.3. The number of nitrogen functional groups attached to an aromatic ring is 1. The fourth-order valence-corrected chi connectivity index (χ4v) is 6.75. The van der Waals surface area contributed by atoms with Crippen LogP contribution in [0.4, 0.5) is 43.7 Å². The van der Waals surface area contributed by atoms with Crippen LogP contribution in [-0.4, -0.2) is 95.7 Å². The van der Waals surface area contributed by atoms with Crippen LogP contribution in [0.1, 0.15) is 52.7 Å². The van der Waals surface area contributed by atoms with E-state index in [1.807, 2.05) is 119 Å². The second-order valence-corrected chi connectivity index (χ2v) is 18.0. The molecule has 65 heavy (non-hydrogen) atoms. The van der Waals surface area contributed by atoms with Gasteiger partial charge in [0.2, 0.25) is 0 Å². The fraction of sp³-hybridized carbons (Fsp3) is 0.409. The molecule has 6 rings (SSSR count). The van der Waals surface area contributed by atoms with Gasteiger partial charge in [0.15, 0.2) is 0 Å². The van der Waals surface area contributed by atoms with Crippen LogP contribution < -0.4 is 55.7 Å². The maximum Gasteiger partial charge on any atom is 1.00 e. The number of nitro benzene ring substituents is 1. The van der Waals surface area contributed by atoms with Crippen molar-refractivity contribution in [2.75, 3.05) is 78.5 Å². The van der Waals surface area contributed by atoms with Crippen LogP contribution in [-0.2, 0) is 57.0 Å². The third-order valence-corrected chi connectivity index (χ3v) is 9.90. The van der Waals surface area contributed by atoms with Crippen molar-refractivity contribution in [2.24, 2.45) is 0 Å². The van der Waals surface area contributed by atoms with Crippen molar-refractivity contribution < 1.29 is 72.4 Å². The minimum absolute atomic E-state index is 0. The van der Waals surface area contributed by atoms with E-state index in [1.54, 1.807) is 21.9 Å². The summed E-state index contributed by atoms with van der Waals surface area (Å²) in [6.07, 6.45) is -0.603. The smallest absolute Gasteiger partial charge is 0.444 e. The molecular formula is C44H59N8NaO10S2. The molecule has 0 aromatic heterocycles. The number of amides is 2. The van der Waals surface area contributed by atoms with E-state index in [9.17, 15) is 23.9 Å². The standard InChI is InChI=1S/C22H28N4O4.C22H30N4O2.Na.HO4S2/c1-22(2,3)30-21(27)25-14-12-24(13-15-25)19-11-7-10-18(20(19)26(28)29)23-16-17-8-5-4-6-9-17;1-22(2,3)28-21(27)26-14-12-25(13-15-26)19-11-7-10-18(20(19)23)24-16-17-8-5-4-6-9-17;;1-3-4-6(2)5/h4-11,23H,12-16H2,1-3H3;4-11,24H,12-16,23H2,1-3H3;;1H/q;;+1;-1. The number of nitro groups is 1. The molecule has 5 N–H and O–H groups in total. The summed E-state index contributed by atoms with van der Waals surface area (Å²) >= 11 is 3.84. The summed E-state index contributed by atoms with van der Waals surface area (Å²) in [4.78, 5) is 43.6. The molecule has 18 nitrogen and oxygen atoms in total. The van der Waals surface area contributed by atoms with Gasteiger partial charge in [-0.3, -0.25) is 14.4 Å². The van der Waals surface area contributed by atoms with E-state index in [-0.39, 0.29) is 52.4 Å². The molecule has 0 atom stereocenters. The Morgan fingerprint density at radius 2 is 1.09 bits per heavy atom. The Bertz CT molecular complexity index is 2190.